The van der Waals surface area contributed by atoms with Crippen molar-refractivity contribution >= 4 is 23.7 Å². The van der Waals surface area contributed by atoms with E-state index in [1.165, 1.54) is 19.4 Å². The third kappa shape index (κ3) is 3.60. The topological polar surface area (TPSA) is 112 Å². The first kappa shape index (κ1) is 15.5. The van der Waals surface area contributed by atoms with Gasteiger partial charge in [-0.1, -0.05) is 0 Å². The van der Waals surface area contributed by atoms with E-state index in [1.807, 2.05) is 0 Å². The average molecular weight is 304 g/mol. The zero-order valence-electron chi connectivity index (χ0n) is 12.2. The summed E-state index contributed by atoms with van der Waals surface area (Å²) in [6.07, 6.45) is 1.40. The van der Waals surface area contributed by atoms with Gasteiger partial charge >= 0.3 is 0 Å². The Morgan fingerprint density at radius 1 is 1.59 bits per heavy atom. The van der Waals surface area contributed by atoms with Crippen molar-refractivity contribution in [2.24, 2.45) is 16.1 Å². The summed E-state index contributed by atoms with van der Waals surface area (Å²) in [5, 5.41) is 17.0. The first-order valence-corrected chi connectivity index (χ1v) is 6.54. The molecule has 2 amide bonds. The molecule has 1 aromatic rings. The van der Waals surface area contributed by atoms with E-state index < -0.39 is 11.8 Å². The third-order valence-electron chi connectivity index (χ3n) is 3.16. The molecule has 1 aromatic carbocycles. The van der Waals surface area contributed by atoms with Crippen molar-refractivity contribution in [3.63, 3.8) is 0 Å². The van der Waals surface area contributed by atoms with Crippen molar-refractivity contribution < 1.29 is 19.4 Å². The summed E-state index contributed by atoms with van der Waals surface area (Å²) in [7, 11) is 1.44. The number of carbonyl (C=O) groups excluding carboxylic acids is 2. The van der Waals surface area contributed by atoms with Crippen LogP contribution in [0.5, 0.6) is 11.5 Å². The smallest absolute Gasteiger partial charge is 0.249 e. The molecular formula is C14H16N4O4. The van der Waals surface area contributed by atoms with Gasteiger partial charge in [0.25, 0.3) is 0 Å². The number of carbonyl (C=O) groups is 2. The summed E-state index contributed by atoms with van der Waals surface area (Å²) in [6.45, 7) is 1.68. The maximum atomic E-state index is 11.7. The van der Waals surface area contributed by atoms with Gasteiger partial charge in [-0.3, -0.25) is 9.59 Å². The highest BCUT2D eigenvalue weighted by atomic mass is 16.5. The number of nitrogens with zero attached hydrogens (tertiary/aromatic N) is 2. The van der Waals surface area contributed by atoms with Crippen LogP contribution in [0.2, 0.25) is 0 Å². The summed E-state index contributed by atoms with van der Waals surface area (Å²) in [5.74, 6) is -0.905. The molecule has 0 bridgehead atoms. The summed E-state index contributed by atoms with van der Waals surface area (Å²) >= 11 is 0. The second kappa shape index (κ2) is 6.70. The van der Waals surface area contributed by atoms with Crippen LogP contribution >= 0.6 is 0 Å². The molecule has 1 atom stereocenters. The molecule has 0 aliphatic carbocycles. The zero-order chi connectivity index (χ0) is 16.1. The van der Waals surface area contributed by atoms with Crippen LogP contribution in [0.3, 0.4) is 0 Å². The lowest BCUT2D eigenvalue weighted by Gasteiger charge is -2.06. The molecule has 0 radical (unpaired) electrons. The molecule has 8 heteroatoms. The van der Waals surface area contributed by atoms with Crippen LogP contribution in [-0.4, -0.2) is 36.0 Å². The van der Waals surface area contributed by atoms with Gasteiger partial charge in [-0.2, -0.15) is 10.2 Å². The third-order valence-corrected chi connectivity index (χ3v) is 3.16. The number of ether oxygens (including phenoxy) is 1. The van der Waals surface area contributed by atoms with Gasteiger partial charge in [0, 0.05) is 12.1 Å². The Balaban J connectivity index is 1.91. The van der Waals surface area contributed by atoms with Gasteiger partial charge in [0.05, 0.1) is 19.2 Å². The number of hydrogen-bond acceptors (Lipinski definition) is 6. The summed E-state index contributed by atoms with van der Waals surface area (Å²) in [6, 6.07) is 4.66. The van der Waals surface area contributed by atoms with E-state index in [2.05, 4.69) is 21.1 Å². The molecule has 0 unspecified atom stereocenters. The van der Waals surface area contributed by atoms with Gasteiger partial charge in [-0.15, -0.1) is 0 Å². The number of methoxy groups -OCH3 is 1. The highest BCUT2D eigenvalue weighted by molar-refractivity contribution is 6.09. The normalized spacial score (nSPS) is 17.3. The van der Waals surface area contributed by atoms with Crippen LogP contribution in [0.15, 0.2) is 28.4 Å². The Labute approximate surface area is 126 Å². The predicted octanol–water partition coefficient (Wildman–Crippen LogP) is 0.363. The summed E-state index contributed by atoms with van der Waals surface area (Å²) in [4.78, 5) is 23.2. The minimum Gasteiger partial charge on any atom is -0.504 e. The molecule has 22 heavy (non-hydrogen) atoms. The molecule has 0 fully saturated rings. The fourth-order valence-electron chi connectivity index (χ4n) is 1.91. The minimum absolute atomic E-state index is 0.0165. The van der Waals surface area contributed by atoms with Crippen molar-refractivity contribution in [2.45, 2.75) is 13.3 Å². The van der Waals surface area contributed by atoms with Crippen molar-refractivity contribution in [3.05, 3.63) is 23.8 Å². The maximum Gasteiger partial charge on any atom is 0.249 e. The van der Waals surface area contributed by atoms with Crippen LogP contribution in [0.4, 0.5) is 0 Å². The van der Waals surface area contributed by atoms with E-state index in [9.17, 15) is 14.7 Å². The lowest BCUT2D eigenvalue weighted by atomic mass is 10.0. The van der Waals surface area contributed by atoms with Gasteiger partial charge in [-0.05, 0) is 30.7 Å². The Morgan fingerprint density at radius 2 is 2.36 bits per heavy atom. The number of hydrogen-bond donors (Lipinski definition) is 3. The molecule has 1 heterocycles. The first-order valence-electron chi connectivity index (χ1n) is 6.54. The monoisotopic (exact) mass is 304 g/mol. The molecule has 116 valence electrons. The molecule has 1 aliphatic heterocycles. The number of amides is 2. The number of rotatable bonds is 5. The number of hydrazone groups is 2. The average Bonchev–Trinajstić information content (AvgIpc) is 2.81. The number of aromatic hydroxyl groups is 1. The van der Waals surface area contributed by atoms with Gasteiger partial charge in [0.15, 0.2) is 11.5 Å². The SMILES string of the molecule is COc1cc(/C=N\NC(=O)C[C@H]2C(=O)NN=C2C)ccc1O. The molecule has 8 nitrogen and oxygen atoms in total. The number of nitrogens with one attached hydrogen (secondary N) is 2. The lowest BCUT2D eigenvalue weighted by Crippen LogP contribution is -2.29. The Kier molecular flexibility index (Phi) is 4.72. The Morgan fingerprint density at radius 3 is 3.00 bits per heavy atom. The minimum atomic E-state index is -0.552. The van der Waals surface area contributed by atoms with Crippen molar-refractivity contribution in [1.82, 2.24) is 10.9 Å². The number of benzene rings is 1. The molecule has 0 saturated carbocycles. The van der Waals surface area contributed by atoms with Crippen LogP contribution < -0.4 is 15.6 Å². The summed E-state index contributed by atoms with van der Waals surface area (Å²) < 4.78 is 4.97. The molecule has 3 N–H and O–H groups in total. The van der Waals surface area contributed by atoms with Gasteiger partial charge < -0.3 is 9.84 Å². The maximum absolute atomic E-state index is 11.7. The van der Waals surface area contributed by atoms with Crippen LogP contribution in [0, 0.1) is 5.92 Å². The van der Waals surface area contributed by atoms with E-state index in [1.54, 1.807) is 19.1 Å². The van der Waals surface area contributed by atoms with Crippen molar-refractivity contribution in [2.75, 3.05) is 7.11 Å². The standard InChI is InChI=1S/C14H16N4O4/c1-8-10(14(21)18-16-8)6-13(20)17-15-7-9-3-4-11(19)12(5-9)22-2/h3-5,7,10,19H,6H2,1-2H3,(H,17,20)(H,18,21)/b15-7-/t10-/m1/s1. The molecule has 0 saturated heterocycles. The van der Waals surface area contributed by atoms with E-state index in [0.717, 1.165) is 0 Å². The number of phenols is 1. The van der Waals surface area contributed by atoms with Crippen LogP contribution in [-0.2, 0) is 9.59 Å². The predicted molar refractivity (Wildman–Crippen MR) is 79.8 cm³/mol. The Bertz CT molecular complexity index is 654. The molecule has 2 rings (SSSR count). The molecular weight excluding hydrogens is 288 g/mol. The highest BCUT2D eigenvalue weighted by Crippen LogP contribution is 2.25. The van der Waals surface area contributed by atoms with E-state index in [-0.39, 0.29) is 18.1 Å². The van der Waals surface area contributed by atoms with Gasteiger partial charge in [0.2, 0.25) is 11.8 Å². The highest BCUT2D eigenvalue weighted by Gasteiger charge is 2.28. The van der Waals surface area contributed by atoms with Crippen molar-refractivity contribution in [1.29, 1.82) is 0 Å². The van der Waals surface area contributed by atoms with E-state index in [4.69, 9.17) is 4.74 Å². The first-order chi connectivity index (χ1) is 10.5. The van der Waals surface area contributed by atoms with Crippen molar-refractivity contribution in [3.8, 4) is 11.5 Å². The van der Waals surface area contributed by atoms with Crippen LogP contribution in [0.1, 0.15) is 18.9 Å². The second-order valence-electron chi connectivity index (χ2n) is 4.71. The fourth-order valence-corrected chi connectivity index (χ4v) is 1.91. The van der Waals surface area contributed by atoms with Gasteiger partial charge in [0.1, 0.15) is 0 Å². The van der Waals surface area contributed by atoms with Crippen LogP contribution in [0.25, 0.3) is 0 Å². The zero-order valence-corrected chi connectivity index (χ0v) is 12.2. The Hall–Kier alpha value is -2.90. The quantitative estimate of drug-likeness (QED) is 0.538. The van der Waals surface area contributed by atoms with Gasteiger partial charge in [-0.25, -0.2) is 10.9 Å². The summed E-state index contributed by atoms with van der Waals surface area (Å²) in [5.41, 5.74) is 5.88. The molecule has 0 spiro atoms. The number of phenolic OH excluding ortho intramolecular Hbond substituents is 1. The van der Waals surface area contributed by atoms with E-state index in [0.29, 0.717) is 17.0 Å². The second-order valence-corrected chi connectivity index (χ2v) is 4.71. The molecule has 1 aliphatic rings. The largest absolute Gasteiger partial charge is 0.504 e. The fraction of sp³-hybridized carbons (Fsp3) is 0.286. The molecule has 0 aromatic heterocycles. The lowest BCUT2D eigenvalue weighted by molar-refractivity contribution is -0.127. The van der Waals surface area contributed by atoms with E-state index >= 15 is 0 Å².